The van der Waals surface area contributed by atoms with Crippen molar-refractivity contribution in [3.8, 4) is 0 Å². The molecule has 0 bridgehead atoms. The largest absolute Gasteiger partial charge is 0.481 e. The molecule has 220 valence electrons. The zero-order valence-corrected chi connectivity index (χ0v) is 25.7. The highest BCUT2D eigenvalue weighted by molar-refractivity contribution is 5.75. The Morgan fingerprint density at radius 1 is 0.622 bits per heavy atom. The topological polar surface area (TPSA) is 74.6 Å². The fourth-order valence-electron chi connectivity index (χ4n) is 6.59. The highest BCUT2D eigenvalue weighted by atomic mass is 16.4. The third-order valence-electron chi connectivity index (χ3n) is 8.99. The lowest BCUT2D eigenvalue weighted by atomic mass is 9.59. The number of hydrogen-bond donors (Lipinski definition) is 2. The lowest BCUT2D eigenvalue weighted by Crippen LogP contribution is -2.44. The van der Waals surface area contributed by atoms with Gasteiger partial charge in [-0.1, -0.05) is 138 Å². The predicted molar refractivity (Wildman–Crippen MR) is 158 cm³/mol. The van der Waals surface area contributed by atoms with Crippen molar-refractivity contribution in [2.75, 3.05) is 0 Å². The van der Waals surface area contributed by atoms with E-state index in [1.54, 1.807) is 0 Å². The molecule has 0 aliphatic carbocycles. The number of carboxylic acid groups (broad SMARTS) is 2. The van der Waals surface area contributed by atoms with Gasteiger partial charge < -0.3 is 10.2 Å². The van der Waals surface area contributed by atoms with E-state index in [9.17, 15) is 14.7 Å². The molecule has 0 fully saturated rings. The zero-order valence-electron chi connectivity index (χ0n) is 25.7. The van der Waals surface area contributed by atoms with Crippen LogP contribution in [0, 0.1) is 29.1 Å². The van der Waals surface area contributed by atoms with Crippen LogP contribution in [0.2, 0.25) is 0 Å². The Balaban J connectivity index is 5.36. The van der Waals surface area contributed by atoms with Crippen molar-refractivity contribution in [1.82, 2.24) is 0 Å². The van der Waals surface area contributed by atoms with Crippen molar-refractivity contribution in [3.63, 3.8) is 0 Å². The third-order valence-corrected chi connectivity index (χ3v) is 8.99. The van der Waals surface area contributed by atoms with E-state index < -0.39 is 17.4 Å². The Kier molecular flexibility index (Phi) is 21.2. The Morgan fingerprint density at radius 3 is 1.41 bits per heavy atom. The van der Waals surface area contributed by atoms with Crippen LogP contribution in [0.15, 0.2) is 0 Å². The summed E-state index contributed by atoms with van der Waals surface area (Å²) in [4.78, 5) is 23.9. The lowest BCUT2D eigenvalue weighted by Gasteiger charge is -2.44. The Bertz CT molecular complexity index is 553. The van der Waals surface area contributed by atoms with Crippen molar-refractivity contribution in [3.05, 3.63) is 0 Å². The van der Waals surface area contributed by atoms with Crippen LogP contribution in [0.25, 0.3) is 0 Å². The van der Waals surface area contributed by atoms with E-state index in [2.05, 4.69) is 41.5 Å². The molecule has 3 atom stereocenters. The second-order valence-electron chi connectivity index (χ2n) is 12.3. The zero-order chi connectivity index (χ0) is 28.1. The average Bonchev–Trinajstić information content (AvgIpc) is 2.86. The quantitative estimate of drug-likeness (QED) is 0.110. The highest BCUT2D eigenvalue weighted by Crippen LogP contribution is 2.49. The van der Waals surface area contributed by atoms with Crippen LogP contribution in [0.1, 0.15) is 170 Å². The maximum Gasteiger partial charge on any atom is 0.309 e. The normalized spacial score (nSPS) is 15.9. The summed E-state index contributed by atoms with van der Waals surface area (Å²) in [6.07, 6.45) is 21.0. The summed E-state index contributed by atoms with van der Waals surface area (Å²) in [6.45, 7) is 13.5. The molecular formula is C33H64O4. The van der Waals surface area contributed by atoms with Gasteiger partial charge in [0.2, 0.25) is 0 Å². The minimum atomic E-state index is -0.691. The van der Waals surface area contributed by atoms with Gasteiger partial charge in [0.1, 0.15) is 0 Å². The molecule has 0 rings (SSSR count). The van der Waals surface area contributed by atoms with Gasteiger partial charge in [0.25, 0.3) is 0 Å². The summed E-state index contributed by atoms with van der Waals surface area (Å²) >= 11 is 0. The fourth-order valence-corrected chi connectivity index (χ4v) is 6.59. The Morgan fingerprint density at radius 2 is 1.05 bits per heavy atom. The molecule has 0 amide bonds. The van der Waals surface area contributed by atoms with Crippen LogP contribution in [-0.2, 0) is 9.59 Å². The first-order valence-electron chi connectivity index (χ1n) is 16.1. The van der Waals surface area contributed by atoms with Gasteiger partial charge in [-0.25, -0.2) is 0 Å². The Labute approximate surface area is 230 Å². The molecule has 0 saturated heterocycles. The molecule has 3 unspecified atom stereocenters. The van der Waals surface area contributed by atoms with Crippen LogP contribution in [0.5, 0.6) is 0 Å². The van der Waals surface area contributed by atoms with Crippen molar-refractivity contribution < 1.29 is 19.8 Å². The summed E-state index contributed by atoms with van der Waals surface area (Å²) in [5.74, 6) is 0.384. The molecule has 0 spiro atoms. The minimum absolute atomic E-state index is 0.229. The number of rotatable bonds is 26. The van der Waals surface area contributed by atoms with E-state index in [1.807, 2.05) is 0 Å². The van der Waals surface area contributed by atoms with E-state index in [4.69, 9.17) is 5.11 Å². The molecule has 4 nitrogen and oxygen atoms in total. The van der Waals surface area contributed by atoms with Gasteiger partial charge in [-0.2, -0.15) is 0 Å². The predicted octanol–water partition coefficient (Wildman–Crippen LogP) is 10.5. The molecule has 0 aliphatic rings. The van der Waals surface area contributed by atoms with E-state index in [-0.39, 0.29) is 12.3 Å². The van der Waals surface area contributed by atoms with Gasteiger partial charge in [0, 0.05) is 6.42 Å². The Hall–Kier alpha value is -1.06. The summed E-state index contributed by atoms with van der Waals surface area (Å²) < 4.78 is 0. The van der Waals surface area contributed by atoms with Crippen LogP contribution >= 0.6 is 0 Å². The molecule has 0 heterocycles. The molecule has 37 heavy (non-hydrogen) atoms. The van der Waals surface area contributed by atoms with Gasteiger partial charge >= 0.3 is 11.9 Å². The van der Waals surface area contributed by atoms with E-state index in [1.165, 1.54) is 51.4 Å². The average molecular weight is 525 g/mol. The fraction of sp³-hybridized carbons (Fsp3) is 0.939. The first-order chi connectivity index (χ1) is 17.7. The van der Waals surface area contributed by atoms with Crippen LogP contribution < -0.4 is 0 Å². The molecular weight excluding hydrogens is 460 g/mol. The molecule has 0 aromatic heterocycles. The summed E-state index contributed by atoms with van der Waals surface area (Å²) in [5, 5.41) is 19.7. The maximum atomic E-state index is 13.3. The van der Waals surface area contributed by atoms with Crippen LogP contribution in [0.4, 0.5) is 0 Å². The second-order valence-corrected chi connectivity index (χ2v) is 12.3. The number of carbonyl (C=O) groups is 2. The van der Waals surface area contributed by atoms with Crippen molar-refractivity contribution in [2.24, 2.45) is 29.1 Å². The smallest absolute Gasteiger partial charge is 0.309 e. The monoisotopic (exact) mass is 524 g/mol. The van der Waals surface area contributed by atoms with Crippen molar-refractivity contribution in [2.45, 2.75) is 170 Å². The first-order valence-corrected chi connectivity index (χ1v) is 16.1. The molecule has 0 aliphatic heterocycles. The second kappa shape index (κ2) is 21.8. The molecule has 0 aromatic rings. The number of aliphatic carboxylic acids is 2. The molecule has 0 aromatic carbocycles. The molecule has 2 N–H and O–H groups in total. The molecule has 0 saturated carbocycles. The minimum Gasteiger partial charge on any atom is -0.481 e. The molecule has 0 radical (unpaired) electrons. The van der Waals surface area contributed by atoms with Gasteiger partial charge in [-0.05, 0) is 49.4 Å². The maximum absolute atomic E-state index is 13.3. The SMILES string of the molecule is CCCCC(CC)CC(CC(CC)CCCC)(C(=O)O)C(CCCCCCCCCCC(=O)O)C(C)C. The number of unbranched alkanes of at least 4 members (excludes halogenated alkanes) is 9. The summed E-state index contributed by atoms with van der Waals surface area (Å²) in [5.41, 5.74) is -0.610. The summed E-state index contributed by atoms with van der Waals surface area (Å²) in [6, 6.07) is 0. The van der Waals surface area contributed by atoms with Crippen LogP contribution in [-0.4, -0.2) is 22.2 Å². The van der Waals surface area contributed by atoms with Crippen LogP contribution in [0.3, 0.4) is 0 Å². The van der Waals surface area contributed by atoms with Gasteiger partial charge in [0.15, 0.2) is 0 Å². The first kappa shape index (κ1) is 35.9. The number of hydrogen-bond acceptors (Lipinski definition) is 2. The lowest BCUT2D eigenvalue weighted by molar-refractivity contribution is -0.158. The van der Waals surface area contributed by atoms with E-state index in [0.29, 0.717) is 17.8 Å². The van der Waals surface area contributed by atoms with E-state index >= 15 is 0 Å². The highest BCUT2D eigenvalue weighted by Gasteiger charge is 2.48. The summed E-state index contributed by atoms with van der Waals surface area (Å²) in [7, 11) is 0. The van der Waals surface area contributed by atoms with Crippen molar-refractivity contribution in [1.29, 1.82) is 0 Å². The van der Waals surface area contributed by atoms with E-state index in [0.717, 1.165) is 70.6 Å². The van der Waals surface area contributed by atoms with Gasteiger partial charge in [-0.3, -0.25) is 9.59 Å². The van der Waals surface area contributed by atoms with Crippen molar-refractivity contribution >= 4 is 11.9 Å². The molecule has 4 heteroatoms. The third kappa shape index (κ3) is 15.2. The standard InChI is InChI=1S/C33H64O4/c1-7-11-21-28(9-3)25-33(32(36)37,26-29(10-4)22-12-8-2)30(27(5)6)23-19-17-15-13-14-16-18-20-24-31(34)35/h27-30H,7-26H2,1-6H3,(H,34,35)(H,36,37). The van der Waals surface area contributed by atoms with Gasteiger partial charge in [0.05, 0.1) is 5.41 Å². The number of carboxylic acids is 2. The van der Waals surface area contributed by atoms with Gasteiger partial charge in [-0.15, -0.1) is 0 Å².